The standard InChI is InChI=1S/C25H24F6N6/c26-24(27,28)16-5-7-17(8-6-16)34-21-18-9-12-37(22-19(25(29,30)31)2-1-11-32-22)13-10-20(18)35-23(36-21)33-14-15-3-4-15/h1-2,5-8,11,15H,3-4,9-10,12-14H2,(H2,33,34,35,36). The second kappa shape index (κ2) is 9.71. The molecular weight excluding hydrogens is 498 g/mol. The molecule has 37 heavy (non-hydrogen) atoms. The molecule has 0 radical (unpaired) electrons. The average Bonchev–Trinajstić information content (AvgIpc) is 3.69. The van der Waals surface area contributed by atoms with Crippen LogP contribution < -0.4 is 15.5 Å². The highest BCUT2D eigenvalue weighted by atomic mass is 19.4. The molecular formula is C25H24F6N6. The van der Waals surface area contributed by atoms with E-state index < -0.39 is 23.5 Å². The van der Waals surface area contributed by atoms with Gasteiger partial charge in [-0.25, -0.2) is 9.97 Å². The van der Waals surface area contributed by atoms with E-state index in [9.17, 15) is 26.3 Å². The number of benzene rings is 1. The maximum atomic E-state index is 13.6. The van der Waals surface area contributed by atoms with Crippen molar-refractivity contribution in [3.8, 4) is 0 Å². The minimum absolute atomic E-state index is 0.139. The van der Waals surface area contributed by atoms with E-state index in [4.69, 9.17) is 0 Å². The Morgan fingerprint density at radius 3 is 2.30 bits per heavy atom. The molecule has 1 aromatic carbocycles. The summed E-state index contributed by atoms with van der Waals surface area (Å²) in [6, 6.07) is 6.88. The summed E-state index contributed by atoms with van der Waals surface area (Å²) in [4.78, 5) is 14.8. The van der Waals surface area contributed by atoms with Gasteiger partial charge in [-0.3, -0.25) is 0 Å². The summed E-state index contributed by atoms with van der Waals surface area (Å²) in [6.45, 7) is 1.21. The lowest BCUT2D eigenvalue weighted by molar-refractivity contribution is -0.138. The molecule has 1 aliphatic heterocycles. The van der Waals surface area contributed by atoms with E-state index in [1.54, 1.807) is 4.90 Å². The first-order valence-corrected chi connectivity index (χ1v) is 11.9. The van der Waals surface area contributed by atoms with Crippen LogP contribution in [0.2, 0.25) is 0 Å². The third-order valence-corrected chi connectivity index (χ3v) is 6.46. The number of alkyl halides is 6. The second-order valence-corrected chi connectivity index (χ2v) is 9.20. The molecule has 0 bridgehead atoms. The Morgan fingerprint density at radius 1 is 0.892 bits per heavy atom. The normalized spacial score (nSPS) is 16.2. The quantitative estimate of drug-likeness (QED) is 0.383. The first-order valence-electron chi connectivity index (χ1n) is 11.9. The number of halogens is 6. The number of hydrogen-bond acceptors (Lipinski definition) is 6. The van der Waals surface area contributed by atoms with E-state index in [0.29, 0.717) is 54.0 Å². The van der Waals surface area contributed by atoms with E-state index in [2.05, 4.69) is 25.6 Å². The molecule has 0 spiro atoms. The van der Waals surface area contributed by atoms with Crippen LogP contribution >= 0.6 is 0 Å². The third kappa shape index (κ3) is 5.89. The lowest BCUT2D eigenvalue weighted by Gasteiger charge is -2.24. The van der Waals surface area contributed by atoms with Gasteiger partial charge in [0, 0.05) is 43.5 Å². The van der Waals surface area contributed by atoms with Gasteiger partial charge in [0.1, 0.15) is 11.6 Å². The van der Waals surface area contributed by atoms with Crippen LogP contribution in [0.1, 0.15) is 35.2 Å². The predicted octanol–water partition coefficient (Wildman–Crippen LogP) is 6.08. The topological polar surface area (TPSA) is 66.0 Å². The van der Waals surface area contributed by atoms with Crippen LogP contribution in [0.4, 0.5) is 49.6 Å². The Labute approximate surface area is 209 Å². The molecule has 0 saturated heterocycles. The molecule has 2 N–H and O–H groups in total. The van der Waals surface area contributed by atoms with Crippen LogP contribution in [-0.4, -0.2) is 34.6 Å². The number of nitrogens with one attached hydrogen (secondary N) is 2. The zero-order valence-corrected chi connectivity index (χ0v) is 19.6. The molecule has 5 rings (SSSR count). The number of pyridine rings is 1. The van der Waals surface area contributed by atoms with Crippen molar-refractivity contribution < 1.29 is 26.3 Å². The summed E-state index contributed by atoms with van der Waals surface area (Å²) < 4.78 is 79.7. The van der Waals surface area contributed by atoms with Gasteiger partial charge < -0.3 is 15.5 Å². The van der Waals surface area contributed by atoms with E-state index in [-0.39, 0.29) is 18.9 Å². The van der Waals surface area contributed by atoms with Crippen molar-refractivity contribution in [3.63, 3.8) is 0 Å². The molecule has 2 aromatic heterocycles. The van der Waals surface area contributed by atoms with Gasteiger partial charge in [-0.1, -0.05) is 0 Å². The molecule has 2 aliphatic rings. The number of rotatable bonds is 6. The molecule has 3 heterocycles. The Morgan fingerprint density at radius 2 is 1.62 bits per heavy atom. The summed E-state index contributed by atoms with van der Waals surface area (Å²) in [6.07, 6.45) is -4.74. The third-order valence-electron chi connectivity index (χ3n) is 6.46. The molecule has 1 saturated carbocycles. The number of anilines is 4. The number of aromatic nitrogens is 3. The van der Waals surface area contributed by atoms with E-state index in [1.165, 1.54) is 24.4 Å². The molecule has 1 aliphatic carbocycles. The minimum atomic E-state index is -4.54. The fraction of sp³-hybridized carbons (Fsp3) is 0.400. The van der Waals surface area contributed by atoms with E-state index in [1.807, 2.05) is 0 Å². The van der Waals surface area contributed by atoms with Gasteiger partial charge >= 0.3 is 12.4 Å². The minimum Gasteiger partial charge on any atom is -0.355 e. The molecule has 196 valence electrons. The number of nitrogens with zero attached hydrogens (tertiary/aromatic N) is 4. The van der Waals surface area contributed by atoms with Gasteiger partial charge in [-0.15, -0.1) is 0 Å². The SMILES string of the molecule is FC(F)(F)c1ccc(Nc2nc(NCC3CC3)nc3c2CCN(c2ncccc2C(F)(F)F)CC3)cc1. The van der Waals surface area contributed by atoms with Crippen molar-refractivity contribution in [2.75, 3.05) is 35.2 Å². The fourth-order valence-corrected chi connectivity index (χ4v) is 4.30. The highest BCUT2D eigenvalue weighted by Gasteiger charge is 2.36. The largest absolute Gasteiger partial charge is 0.419 e. The van der Waals surface area contributed by atoms with Gasteiger partial charge in [0.25, 0.3) is 0 Å². The van der Waals surface area contributed by atoms with Crippen LogP contribution in [0.25, 0.3) is 0 Å². The molecule has 0 atom stereocenters. The molecule has 0 unspecified atom stereocenters. The van der Waals surface area contributed by atoms with Crippen molar-refractivity contribution in [2.45, 2.75) is 38.0 Å². The molecule has 1 fully saturated rings. The van der Waals surface area contributed by atoms with Crippen molar-refractivity contribution in [3.05, 3.63) is 65.0 Å². The van der Waals surface area contributed by atoms with Crippen molar-refractivity contribution in [1.82, 2.24) is 15.0 Å². The van der Waals surface area contributed by atoms with Crippen LogP contribution in [-0.2, 0) is 25.2 Å². The van der Waals surface area contributed by atoms with Gasteiger partial charge in [-0.05, 0) is 61.6 Å². The first-order chi connectivity index (χ1) is 17.6. The van der Waals surface area contributed by atoms with Crippen LogP contribution in [0.5, 0.6) is 0 Å². The number of fused-ring (bicyclic) bond motifs is 1. The predicted molar refractivity (Wildman–Crippen MR) is 127 cm³/mol. The monoisotopic (exact) mass is 522 g/mol. The first kappa shape index (κ1) is 25.1. The van der Waals surface area contributed by atoms with Crippen molar-refractivity contribution in [1.29, 1.82) is 0 Å². The maximum absolute atomic E-state index is 13.6. The van der Waals surface area contributed by atoms with Crippen molar-refractivity contribution in [2.24, 2.45) is 5.92 Å². The summed E-state index contributed by atoms with van der Waals surface area (Å²) in [7, 11) is 0. The highest BCUT2D eigenvalue weighted by Crippen LogP contribution is 2.37. The Hall–Kier alpha value is -3.57. The average molecular weight is 522 g/mol. The second-order valence-electron chi connectivity index (χ2n) is 9.20. The van der Waals surface area contributed by atoms with Gasteiger partial charge in [-0.2, -0.15) is 31.3 Å². The molecule has 0 amide bonds. The fourth-order valence-electron chi connectivity index (χ4n) is 4.30. The van der Waals surface area contributed by atoms with E-state index >= 15 is 0 Å². The summed E-state index contributed by atoms with van der Waals surface area (Å²) in [5.41, 5.74) is 0.227. The molecule has 12 heteroatoms. The summed E-state index contributed by atoms with van der Waals surface area (Å²) >= 11 is 0. The Bertz CT molecular complexity index is 1250. The summed E-state index contributed by atoms with van der Waals surface area (Å²) in [5, 5.41) is 6.32. The smallest absolute Gasteiger partial charge is 0.355 e. The highest BCUT2D eigenvalue weighted by molar-refractivity contribution is 5.63. The zero-order chi connectivity index (χ0) is 26.2. The molecule has 6 nitrogen and oxygen atoms in total. The Balaban J connectivity index is 1.44. The number of hydrogen-bond donors (Lipinski definition) is 2. The van der Waals surface area contributed by atoms with Crippen LogP contribution in [0, 0.1) is 5.92 Å². The van der Waals surface area contributed by atoms with Crippen LogP contribution in [0.3, 0.4) is 0 Å². The van der Waals surface area contributed by atoms with Crippen molar-refractivity contribution >= 4 is 23.3 Å². The molecule has 3 aromatic rings. The van der Waals surface area contributed by atoms with Gasteiger partial charge in [0.2, 0.25) is 5.95 Å². The Kier molecular flexibility index (Phi) is 6.59. The lowest BCUT2D eigenvalue weighted by atomic mass is 10.1. The zero-order valence-electron chi connectivity index (χ0n) is 19.6. The summed E-state index contributed by atoms with van der Waals surface area (Å²) in [5.74, 6) is 1.21. The van der Waals surface area contributed by atoms with E-state index in [0.717, 1.165) is 31.0 Å². The van der Waals surface area contributed by atoms with Crippen LogP contribution in [0.15, 0.2) is 42.6 Å². The van der Waals surface area contributed by atoms with Gasteiger partial charge in [0.05, 0.1) is 16.8 Å². The lowest BCUT2D eigenvalue weighted by Crippen LogP contribution is -2.29. The maximum Gasteiger partial charge on any atom is 0.419 e. The van der Waals surface area contributed by atoms with Gasteiger partial charge in [0.15, 0.2) is 0 Å².